The molecule has 1 N–H and O–H groups in total. The van der Waals surface area contributed by atoms with Gasteiger partial charge in [-0.15, -0.1) is 0 Å². The number of aryl methyl sites for hydroxylation is 1. The summed E-state index contributed by atoms with van der Waals surface area (Å²) in [7, 11) is 0. The minimum atomic E-state index is -4.95. The number of allylic oxidation sites excluding steroid dienone is 2. The van der Waals surface area contributed by atoms with Crippen molar-refractivity contribution in [3.8, 4) is 0 Å². The highest BCUT2D eigenvalue weighted by Crippen LogP contribution is 2.33. The molecule has 21 heavy (non-hydrogen) atoms. The lowest BCUT2D eigenvalue weighted by Gasteiger charge is -2.19. The van der Waals surface area contributed by atoms with Crippen LogP contribution < -0.4 is 0 Å². The van der Waals surface area contributed by atoms with Crippen molar-refractivity contribution in [3.63, 3.8) is 0 Å². The smallest absolute Gasteiger partial charge is 0.454 e. The van der Waals surface area contributed by atoms with E-state index in [0.29, 0.717) is 18.4 Å². The summed E-state index contributed by atoms with van der Waals surface area (Å²) in [4.78, 5) is 11.3. The molecule has 2 nitrogen and oxygen atoms in total. The molecule has 0 bridgehead atoms. The van der Waals surface area contributed by atoms with Crippen molar-refractivity contribution in [1.29, 1.82) is 0 Å². The molecule has 112 valence electrons. The molecule has 0 aliphatic heterocycles. The second-order valence-electron chi connectivity index (χ2n) is 5.09. The molecule has 0 saturated carbocycles. The van der Waals surface area contributed by atoms with Crippen LogP contribution >= 0.6 is 0 Å². The molecule has 0 unspecified atom stereocenters. The summed E-state index contributed by atoms with van der Waals surface area (Å²) in [6.07, 6.45) is -2.50. The second kappa shape index (κ2) is 5.76. The molecule has 0 saturated heterocycles. The van der Waals surface area contributed by atoms with Crippen LogP contribution in [0.25, 0.3) is 6.08 Å². The number of hydrogen-bond acceptors (Lipinski definition) is 2. The highest BCUT2D eigenvalue weighted by Gasteiger charge is 2.42. The minimum absolute atomic E-state index is 0.0462. The van der Waals surface area contributed by atoms with Gasteiger partial charge in [0.15, 0.2) is 0 Å². The Morgan fingerprint density at radius 3 is 2.38 bits per heavy atom. The summed E-state index contributed by atoms with van der Waals surface area (Å²) in [5, 5.41) is 9.97. The highest BCUT2D eigenvalue weighted by atomic mass is 19.4. The van der Waals surface area contributed by atoms with Crippen LogP contribution in [0, 0.1) is 6.92 Å². The fourth-order valence-electron chi connectivity index (χ4n) is 2.28. The van der Waals surface area contributed by atoms with E-state index in [1.807, 2.05) is 31.2 Å². The maximum absolute atomic E-state index is 12.5. The van der Waals surface area contributed by atoms with Gasteiger partial charge in [-0.05, 0) is 43.4 Å². The molecule has 1 aromatic rings. The molecule has 5 heteroatoms. The number of Topliss-reactive ketones (excluding diaryl/α,β-unsaturated/α-hetero) is 1. The van der Waals surface area contributed by atoms with Gasteiger partial charge in [-0.3, -0.25) is 4.79 Å². The number of aliphatic hydroxyl groups is 1. The third-order valence-electron chi connectivity index (χ3n) is 3.41. The third kappa shape index (κ3) is 3.54. The summed E-state index contributed by atoms with van der Waals surface area (Å²) in [6.45, 7) is 1.93. The predicted molar refractivity (Wildman–Crippen MR) is 73.7 cm³/mol. The summed E-state index contributed by atoms with van der Waals surface area (Å²) in [5.74, 6) is -2.47. The fraction of sp³-hybridized carbons (Fsp3) is 0.312. The van der Waals surface area contributed by atoms with Crippen molar-refractivity contribution in [2.75, 3.05) is 0 Å². The molecule has 1 aromatic carbocycles. The molecule has 2 rings (SSSR count). The zero-order valence-electron chi connectivity index (χ0n) is 11.5. The quantitative estimate of drug-likeness (QED) is 0.872. The first kappa shape index (κ1) is 15.4. The van der Waals surface area contributed by atoms with E-state index in [1.165, 1.54) is 0 Å². The van der Waals surface area contributed by atoms with E-state index in [9.17, 15) is 23.1 Å². The maximum Gasteiger partial charge on any atom is 0.454 e. The molecule has 0 heterocycles. The number of halogens is 3. The molecule has 0 aromatic heterocycles. The lowest BCUT2D eigenvalue weighted by Crippen LogP contribution is -2.27. The van der Waals surface area contributed by atoms with Crippen molar-refractivity contribution < 1.29 is 23.1 Å². The van der Waals surface area contributed by atoms with Crippen molar-refractivity contribution in [1.82, 2.24) is 0 Å². The summed E-state index contributed by atoms with van der Waals surface area (Å²) >= 11 is 0. The van der Waals surface area contributed by atoms with Gasteiger partial charge >= 0.3 is 6.18 Å². The first-order valence-corrected chi connectivity index (χ1v) is 6.60. The Hall–Kier alpha value is -2.04. The topological polar surface area (TPSA) is 37.3 Å². The minimum Gasteiger partial charge on any atom is -0.507 e. The van der Waals surface area contributed by atoms with Gasteiger partial charge < -0.3 is 5.11 Å². The first-order valence-electron chi connectivity index (χ1n) is 6.60. The highest BCUT2D eigenvalue weighted by molar-refractivity contribution is 6.00. The molecule has 0 atom stereocenters. The lowest BCUT2D eigenvalue weighted by atomic mass is 9.89. The summed E-state index contributed by atoms with van der Waals surface area (Å²) in [5.41, 5.74) is 1.68. The second-order valence-corrected chi connectivity index (χ2v) is 5.09. The van der Waals surface area contributed by atoms with Crippen molar-refractivity contribution in [3.05, 3.63) is 52.3 Å². The van der Waals surface area contributed by atoms with Gasteiger partial charge in [-0.1, -0.05) is 29.8 Å². The Kier molecular flexibility index (Phi) is 4.21. The molecule has 0 spiro atoms. The molecular weight excluding hydrogens is 281 g/mol. The average molecular weight is 296 g/mol. The number of ketones is 1. The van der Waals surface area contributed by atoms with Crippen LogP contribution in [0.1, 0.15) is 30.4 Å². The SMILES string of the molecule is Cc1ccc(/C=C2/CCCC(C(=O)C(F)(F)F)=C2O)cc1. The number of benzene rings is 1. The Labute approximate surface area is 120 Å². The standard InChI is InChI=1S/C16H15F3O2/c1-10-5-7-11(8-6-10)9-12-3-2-4-13(14(12)20)15(21)16(17,18)19/h5-9,20H,2-4H2,1H3/b12-9-. The normalized spacial score (nSPS) is 18.2. The number of aliphatic hydroxyl groups excluding tert-OH is 1. The predicted octanol–water partition coefficient (Wildman–Crippen LogP) is 4.51. The number of carbonyl (C=O) groups excluding carboxylic acids is 1. The molecule has 0 amide bonds. The maximum atomic E-state index is 12.5. The van der Waals surface area contributed by atoms with Gasteiger partial charge in [0.2, 0.25) is 0 Å². The van der Waals surface area contributed by atoms with E-state index >= 15 is 0 Å². The van der Waals surface area contributed by atoms with Crippen LogP contribution in [0.15, 0.2) is 41.2 Å². The largest absolute Gasteiger partial charge is 0.507 e. The zero-order chi connectivity index (χ0) is 15.6. The number of alkyl halides is 3. The van der Waals surface area contributed by atoms with Gasteiger partial charge in [0.25, 0.3) is 5.78 Å². The van der Waals surface area contributed by atoms with Gasteiger partial charge in [0.05, 0.1) is 0 Å². The van der Waals surface area contributed by atoms with Crippen LogP contribution in [0.5, 0.6) is 0 Å². The van der Waals surface area contributed by atoms with Crippen molar-refractivity contribution >= 4 is 11.9 Å². The summed E-state index contributed by atoms with van der Waals surface area (Å²) < 4.78 is 37.5. The van der Waals surface area contributed by atoms with Gasteiger partial charge in [-0.25, -0.2) is 0 Å². The van der Waals surface area contributed by atoms with Gasteiger partial charge in [0.1, 0.15) is 5.76 Å². The Morgan fingerprint density at radius 1 is 1.19 bits per heavy atom. The van der Waals surface area contributed by atoms with Gasteiger partial charge in [-0.2, -0.15) is 13.2 Å². The molecule has 1 aliphatic carbocycles. The van der Waals surface area contributed by atoms with Crippen LogP contribution in [0.3, 0.4) is 0 Å². The number of carbonyl (C=O) groups is 1. The molecular formula is C16H15F3O2. The first-order chi connectivity index (χ1) is 9.79. The molecule has 0 radical (unpaired) electrons. The van der Waals surface area contributed by atoms with E-state index in [4.69, 9.17) is 0 Å². The van der Waals surface area contributed by atoms with E-state index in [1.54, 1.807) is 6.08 Å². The van der Waals surface area contributed by atoms with Crippen molar-refractivity contribution in [2.45, 2.75) is 32.4 Å². The monoisotopic (exact) mass is 296 g/mol. The van der Waals surface area contributed by atoms with Crippen LogP contribution in [0.2, 0.25) is 0 Å². The van der Waals surface area contributed by atoms with E-state index in [-0.39, 0.29) is 6.42 Å². The van der Waals surface area contributed by atoms with Gasteiger partial charge in [0, 0.05) is 5.57 Å². The van der Waals surface area contributed by atoms with Crippen LogP contribution in [-0.2, 0) is 4.79 Å². The molecule has 1 aliphatic rings. The van der Waals surface area contributed by atoms with E-state index < -0.39 is 23.3 Å². The zero-order valence-corrected chi connectivity index (χ0v) is 11.5. The molecule has 0 fully saturated rings. The van der Waals surface area contributed by atoms with Crippen LogP contribution in [-0.4, -0.2) is 17.1 Å². The lowest BCUT2D eigenvalue weighted by molar-refractivity contribution is -0.167. The van der Waals surface area contributed by atoms with E-state index in [2.05, 4.69) is 0 Å². The fourth-order valence-corrected chi connectivity index (χ4v) is 2.28. The van der Waals surface area contributed by atoms with E-state index in [0.717, 1.165) is 11.1 Å². The number of hydrogen-bond donors (Lipinski definition) is 1. The average Bonchev–Trinajstić information content (AvgIpc) is 2.42. The third-order valence-corrected chi connectivity index (χ3v) is 3.41. The summed E-state index contributed by atoms with van der Waals surface area (Å²) in [6, 6.07) is 7.38. The Bertz CT molecular complexity index is 607. The Morgan fingerprint density at radius 2 is 1.81 bits per heavy atom. The van der Waals surface area contributed by atoms with Crippen molar-refractivity contribution in [2.24, 2.45) is 0 Å². The number of rotatable bonds is 2. The van der Waals surface area contributed by atoms with Crippen LogP contribution in [0.4, 0.5) is 13.2 Å². The Balaban J connectivity index is 2.37.